The van der Waals surface area contributed by atoms with E-state index in [1.54, 1.807) is 6.92 Å². The number of hydrogen-bond donors (Lipinski definition) is 0. The van der Waals surface area contributed by atoms with Crippen LogP contribution in [0.4, 0.5) is 0 Å². The molecule has 1 aromatic heterocycles. The van der Waals surface area contributed by atoms with Gasteiger partial charge in [0, 0.05) is 11.4 Å². The van der Waals surface area contributed by atoms with Crippen LogP contribution < -0.4 is 4.80 Å². The summed E-state index contributed by atoms with van der Waals surface area (Å²) >= 11 is 7.60. The lowest BCUT2D eigenvalue weighted by Gasteiger charge is -2.04. The zero-order valence-electron chi connectivity index (χ0n) is 10.7. The lowest BCUT2D eigenvalue weighted by Crippen LogP contribution is -2.16. The highest BCUT2D eigenvalue weighted by molar-refractivity contribution is 7.16. The molecule has 0 atom stereocenters. The standard InChI is InChI=1S/C14H13ClN2OS/c1-4-8-17-13-9(3)10(15)6-7-11(13)19-14(17)16-12(18)5-2/h1,6-7H,5,8H2,2-3H3. The molecule has 0 unspecified atom stereocenters. The molecule has 1 heterocycles. The number of benzene rings is 1. The number of halogens is 1. The number of aromatic nitrogens is 1. The summed E-state index contributed by atoms with van der Waals surface area (Å²) < 4.78 is 2.90. The minimum Gasteiger partial charge on any atom is -0.304 e. The Morgan fingerprint density at radius 3 is 2.95 bits per heavy atom. The largest absolute Gasteiger partial charge is 0.304 e. The van der Waals surface area contributed by atoms with E-state index >= 15 is 0 Å². The van der Waals surface area contributed by atoms with E-state index in [4.69, 9.17) is 18.0 Å². The van der Waals surface area contributed by atoms with Gasteiger partial charge in [0.15, 0.2) is 4.80 Å². The number of rotatable bonds is 2. The molecule has 0 radical (unpaired) electrons. The molecule has 0 fully saturated rings. The number of aryl methyl sites for hydroxylation is 1. The van der Waals surface area contributed by atoms with E-state index in [0.717, 1.165) is 15.8 Å². The smallest absolute Gasteiger partial charge is 0.248 e. The van der Waals surface area contributed by atoms with Crippen LogP contribution in [0.1, 0.15) is 18.9 Å². The van der Waals surface area contributed by atoms with Crippen LogP contribution in [0.25, 0.3) is 10.2 Å². The number of terminal acetylenes is 1. The predicted molar refractivity (Wildman–Crippen MR) is 79.3 cm³/mol. The molecule has 19 heavy (non-hydrogen) atoms. The first-order chi connectivity index (χ1) is 9.08. The second kappa shape index (κ2) is 5.60. The molecule has 0 aliphatic rings. The van der Waals surface area contributed by atoms with Crippen molar-refractivity contribution in [1.82, 2.24) is 4.57 Å². The van der Waals surface area contributed by atoms with Gasteiger partial charge in [-0.15, -0.1) is 6.42 Å². The second-order valence-electron chi connectivity index (χ2n) is 4.05. The average molecular weight is 293 g/mol. The summed E-state index contributed by atoms with van der Waals surface area (Å²) in [6, 6.07) is 3.78. The van der Waals surface area contributed by atoms with E-state index in [9.17, 15) is 4.79 Å². The molecule has 1 amide bonds. The van der Waals surface area contributed by atoms with Gasteiger partial charge in [0.05, 0.1) is 16.8 Å². The Labute approximate surface area is 120 Å². The maximum absolute atomic E-state index is 11.5. The third kappa shape index (κ3) is 2.58. The Morgan fingerprint density at radius 2 is 2.32 bits per heavy atom. The van der Waals surface area contributed by atoms with Crippen molar-refractivity contribution in [3.63, 3.8) is 0 Å². The first kappa shape index (κ1) is 13.9. The molecule has 0 aliphatic carbocycles. The molecule has 0 spiro atoms. The van der Waals surface area contributed by atoms with Gasteiger partial charge in [-0.1, -0.05) is 35.8 Å². The minimum atomic E-state index is -0.152. The molecule has 98 valence electrons. The summed E-state index contributed by atoms with van der Waals surface area (Å²) in [6.45, 7) is 4.10. The summed E-state index contributed by atoms with van der Waals surface area (Å²) in [7, 11) is 0. The fraction of sp³-hybridized carbons (Fsp3) is 0.286. The van der Waals surface area contributed by atoms with E-state index in [1.807, 2.05) is 23.6 Å². The van der Waals surface area contributed by atoms with Crippen molar-refractivity contribution in [3.05, 3.63) is 27.5 Å². The Kier molecular flexibility index (Phi) is 4.08. The third-order valence-corrected chi connectivity index (χ3v) is 4.26. The summed E-state index contributed by atoms with van der Waals surface area (Å²) in [5, 5.41) is 0.685. The third-order valence-electron chi connectivity index (χ3n) is 2.80. The van der Waals surface area contributed by atoms with Gasteiger partial charge < -0.3 is 4.57 Å². The van der Waals surface area contributed by atoms with Gasteiger partial charge >= 0.3 is 0 Å². The van der Waals surface area contributed by atoms with E-state index in [2.05, 4.69) is 10.9 Å². The van der Waals surface area contributed by atoms with Crippen molar-refractivity contribution < 1.29 is 4.79 Å². The van der Waals surface area contributed by atoms with E-state index in [0.29, 0.717) is 22.8 Å². The predicted octanol–water partition coefficient (Wildman–Crippen LogP) is 3.14. The number of hydrogen-bond acceptors (Lipinski definition) is 2. The molecule has 0 aliphatic heterocycles. The summed E-state index contributed by atoms with van der Waals surface area (Å²) in [6.07, 6.45) is 5.78. The van der Waals surface area contributed by atoms with Crippen LogP contribution in [0.3, 0.4) is 0 Å². The maximum Gasteiger partial charge on any atom is 0.248 e. The number of fused-ring (bicyclic) bond motifs is 1. The number of nitrogens with zero attached hydrogens (tertiary/aromatic N) is 2. The van der Waals surface area contributed by atoms with E-state index < -0.39 is 0 Å². The van der Waals surface area contributed by atoms with Gasteiger partial charge in [-0.25, -0.2) is 0 Å². The molecular weight excluding hydrogens is 280 g/mol. The molecule has 1 aromatic carbocycles. The SMILES string of the molecule is C#CCn1c(=NC(=O)CC)sc2ccc(Cl)c(C)c21. The highest BCUT2D eigenvalue weighted by Gasteiger charge is 2.11. The van der Waals surface area contributed by atoms with Crippen LogP contribution >= 0.6 is 22.9 Å². The van der Waals surface area contributed by atoms with Crippen LogP contribution in [-0.4, -0.2) is 10.5 Å². The molecule has 2 rings (SSSR count). The Balaban J connectivity index is 2.83. The second-order valence-corrected chi connectivity index (χ2v) is 5.47. The van der Waals surface area contributed by atoms with Crippen molar-refractivity contribution in [2.24, 2.45) is 4.99 Å². The Bertz CT molecular complexity index is 749. The van der Waals surface area contributed by atoms with Gasteiger partial charge in [-0.05, 0) is 24.6 Å². The first-order valence-electron chi connectivity index (χ1n) is 5.88. The first-order valence-corrected chi connectivity index (χ1v) is 7.07. The minimum absolute atomic E-state index is 0.152. The summed E-state index contributed by atoms with van der Waals surface area (Å²) in [5.41, 5.74) is 1.91. The number of thiazole rings is 1. The molecule has 0 N–H and O–H groups in total. The fourth-order valence-corrected chi connectivity index (χ4v) is 3.08. The van der Waals surface area contributed by atoms with Crippen molar-refractivity contribution >= 4 is 39.1 Å². The van der Waals surface area contributed by atoms with Crippen LogP contribution in [0, 0.1) is 19.3 Å². The zero-order chi connectivity index (χ0) is 14.0. The lowest BCUT2D eigenvalue weighted by atomic mass is 10.2. The summed E-state index contributed by atoms with van der Waals surface area (Å²) in [4.78, 5) is 16.3. The quantitative estimate of drug-likeness (QED) is 0.783. The maximum atomic E-state index is 11.5. The van der Waals surface area contributed by atoms with Gasteiger partial charge in [0.2, 0.25) is 5.91 Å². The lowest BCUT2D eigenvalue weighted by molar-refractivity contribution is -0.117. The van der Waals surface area contributed by atoms with Crippen molar-refractivity contribution in [1.29, 1.82) is 0 Å². The molecule has 2 aromatic rings. The fourth-order valence-electron chi connectivity index (χ4n) is 1.82. The Morgan fingerprint density at radius 1 is 1.58 bits per heavy atom. The summed E-state index contributed by atoms with van der Waals surface area (Å²) in [5.74, 6) is 2.44. The molecule has 0 saturated heterocycles. The van der Waals surface area contributed by atoms with Crippen LogP contribution in [0.2, 0.25) is 5.02 Å². The normalized spacial score (nSPS) is 11.8. The van der Waals surface area contributed by atoms with Gasteiger partial charge in [-0.3, -0.25) is 4.79 Å². The van der Waals surface area contributed by atoms with E-state index in [-0.39, 0.29) is 5.91 Å². The van der Waals surface area contributed by atoms with Crippen molar-refractivity contribution in [2.45, 2.75) is 26.8 Å². The number of amides is 1. The monoisotopic (exact) mass is 292 g/mol. The van der Waals surface area contributed by atoms with Crippen LogP contribution in [0.15, 0.2) is 17.1 Å². The average Bonchev–Trinajstić information content (AvgIpc) is 2.73. The van der Waals surface area contributed by atoms with Gasteiger partial charge in [0.1, 0.15) is 0 Å². The molecular formula is C14H13ClN2OS. The zero-order valence-corrected chi connectivity index (χ0v) is 12.3. The molecule has 0 saturated carbocycles. The highest BCUT2D eigenvalue weighted by atomic mass is 35.5. The Hall–Kier alpha value is -1.57. The van der Waals surface area contributed by atoms with Gasteiger partial charge in [-0.2, -0.15) is 4.99 Å². The molecule has 0 bridgehead atoms. The van der Waals surface area contributed by atoms with Gasteiger partial charge in [0.25, 0.3) is 0 Å². The van der Waals surface area contributed by atoms with Crippen LogP contribution in [-0.2, 0) is 11.3 Å². The van der Waals surface area contributed by atoms with Crippen LogP contribution in [0.5, 0.6) is 0 Å². The van der Waals surface area contributed by atoms with Crippen molar-refractivity contribution in [3.8, 4) is 12.3 Å². The van der Waals surface area contributed by atoms with Crippen molar-refractivity contribution in [2.75, 3.05) is 0 Å². The molecule has 5 heteroatoms. The number of carbonyl (C=O) groups excluding carboxylic acids is 1. The van der Waals surface area contributed by atoms with E-state index in [1.165, 1.54) is 11.3 Å². The molecule has 3 nitrogen and oxygen atoms in total. The number of carbonyl (C=O) groups is 1. The highest BCUT2D eigenvalue weighted by Crippen LogP contribution is 2.27. The topological polar surface area (TPSA) is 34.4 Å².